The molecule has 15 heteroatoms. The predicted molar refractivity (Wildman–Crippen MR) is 160 cm³/mol. The number of aromatic nitrogens is 3. The van der Waals surface area contributed by atoms with Crippen molar-refractivity contribution in [2.45, 2.75) is 45.0 Å². The summed E-state index contributed by atoms with van der Waals surface area (Å²) in [6.07, 6.45) is -8.31. The molecule has 8 nitrogen and oxygen atoms in total. The summed E-state index contributed by atoms with van der Waals surface area (Å²) in [5, 5.41) is 0. The zero-order valence-corrected chi connectivity index (χ0v) is 25.2. The van der Waals surface area contributed by atoms with Crippen molar-refractivity contribution in [3.8, 4) is 0 Å². The van der Waals surface area contributed by atoms with Gasteiger partial charge in [0, 0.05) is 56.2 Å². The number of benzene rings is 2. The lowest BCUT2D eigenvalue weighted by molar-refractivity contribution is -0.141. The monoisotopic (exact) mass is 664 g/mol. The molecule has 2 N–H and O–H groups in total. The maximum absolute atomic E-state index is 14.9. The van der Waals surface area contributed by atoms with Gasteiger partial charge in [-0.3, -0.25) is 23.8 Å². The van der Waals surface area contributed by atoms with Crippen LogP contribution in [0.5, 0.6) is 0 Å². The number of pyridine rings is 1. The Morgan fingerprint density at radius 2 is 1.51 bits per heavy atom. The summed E-state index contributed by atoms with van der Waals surface area (Å²) in [6.45, 7) is 1.87. The van der Waals surface area contributed by atoms with E-state index < -0.39 is 58.8 Å². The van der Waals surface area contributed by atoms with E-state index in [1.54, 1.807) is 35.2 Å². The number of piperazine rings is 1. The van der Waals surface area contributed by atoms with Crippen LogP contribution >= 0.6 is 0 Å². The molecule has 250 valence electrons. The highest BCUT2D eigenvalue weighted by atomic mass is 19.4. The molecular formula is C32H31F7N6O2. The maximum atomic E-state index is 14.9. The lowest BCUT2D eigenvalue weighted by Gasteiger charge is -2.37. The van der Waals surface area contributed by atoms with Crippen LogP contribution in [0.15, 0.2) is 76.4 Å². The topological polar surface area (TPSA) is 89.4 Å². The van der Waals surface area contributed by atoms with Crippen LogP contribution in [0.2, 0.25) is 0 Å². The van der Waals surface area contributed by atoms with Gasteiger partial charge in [-0.15, -0.1) is 0 Å². The summed E-state index contributed by atoms with van der Waals surface area (Å²) >= 11 is 0. The molecule has 1 fully saturated rings. The van der Waals surface area contributed by atoms with Crippen LogP contribution in [-0.4, -0.2) is 45.2 Å². The van der Waals surface area contributed by atoms with E-state index in [1.165, 1.54) is 13.0 Å². The second-order valence-electron chi connectivity index (χ2n) is 11.3. The lowest BCUT2D eigenvalue weighted by Crippen LogP contribution is -2.51. The number of hydrogen-bond donors (Lipinski definition) is 1. The fourth-order valence-corrected chi connectivity index (χ4v) is 5.72. The Bertz CT molecular complexity index is 1830. The molecule has 0 saturated carbocycles. The molecule has 2 aromatic heterocycles. The summed E-state index contributed by atoms with van der Waals surface area (Å²) in [5.74, 6) is -1.15. The van der Waals surface area contributed by atoms with E-state index in [4.69, 9.17) is 5.73 Å². The molecule has 0 amide bonds. The van der Waals surface area contributed by atoms with E-state index in [9.17, 15) is 40.3 Å². The molecule has 1 saturated heterocycles. The minimum Gasteiger partial charge on any atom is -0.363 e. The van der Waals surface area contributed by atoms with Crippen molar-refractivity contribution in [3.05, 3.63) is 127 Å². The number of anilines is 1. The van der Waals surface area contributed by atoms with Gasteiger partial charge in [0.15, 0.2) is 0 Å². The molecule has 4 aromatic rings. The van der Waals surface area contributed by atoms with E-state index in [-0.39, 0.29) is 31.0 Å². The molecular weight excluding hydrogens is 633 g/mol. The summed E-state index contributed by atoms with van der Waals surface area (Å²) in [5.41, 5.74) is 3.03. The first kappa shape index (κ1) is 33.9. The second kappa shape index (κ2) is 13.3. The van der Waals surface area contributed by atoms with Gasteiger partial charge < -0.3 is 10.6 Å². The lowest BCUT2D eigenvalue weighted by atomic mass is 10.1. The minimum absolute atomic E-state index is 0.0568. The Morgan fingerprint density at radius 3 is 2.11 bits per heavy atom. The predicted octanol–water partition coefficient (Wildman–Crippen LogP) is 4.96. The van der Waals surface area contributed by atoms with Gasteiger partial charge in [-0.05, 0) is 36.2 Å². The van der Waals surface area contributed by atoms with Crippen LogP contribution < -0.4 is 21.9 Å². The second-order valence-corrected chi connectivity index (χ2v) is 11.3. The number of halogens is 7. The molecule has 1 aliphatic rings. The molecule has 2 aromatic carbocycles. The van der Waals surface area contributed by atoms with Gasteiger partial charge in [0.25, 0.3) is 5.56 Å². The number of rotatable bonds is 8. The minimum atomic E-state index is -4.90. The number of hydrogen-bond acceptors (Lipinski definition) is 6. The van der Waals surface area contributed by atoms with Crippen molar-refractivity contribution in [2.24, 2.45) is 5.73 Å². The quantitative estimate of drug-likeness (QED) is 0.268. The number of alkyl halides is 6. The van der Waals surface area contributed by atoms with E-state index in [1.807, 2.05) is 4.90 Å². The third kappa shape index (κ3) is 7.41. The van der Waals surface area contributed by atoms with Crippen molar-refractivity contribution >= 4 is 5.69 Å². The molecule has 1 aliphatic heterocycles. The SMILES string of the molecule is Cc1c(N2CCN(Cc3ccc(C(F)(F)F)nc3)CC2)c(=O)n(C[C@H](N)c2ccccc2)c(=O)n1Cc1c(F)cccc1C(F)(F)F. The molecule has 5 rings (SSSR count). The van der Waals surface area contributed by atoms with Crippen LogP contribution in [0, 0.1) is 12.7 Å². The van der Waals surface area contributed by atoms with Gasteiger partial charge in [0.2, 0.25) is 0 Å². The van der Waals surface area contributed by atoms with Crippen LogP contribution in [0.25, 0.3) is 0 Å². The number of nitrogens with two attached hydrogens (primary N) is 1. The highest BCUT2D eigenvalue weighted by molar-refractivity contribution is 5.50. The first-order chi connectivity index (χ1) is 22.1. The fourth-order valence-electron chi connectivity index (χ4n) is 5.72. The Balaban J connectivity index is 1.49. The highest BCUT2D eigenvalue weighted by Crippen LogP contribution is 2.34. The van der Waals surface area contributed by atoms with E-state index >= 15 is 0 Å². The van der Waals surface area contributed by atoms with E-state index in [0.29, 0.717) is 30.8 Å². The van der Waals surface area contributed by atoms with E-state index in [0.717, 1.165) is 39.6 Å². The third-order valence-electron chi connectivity index (χ3n) is 8.21. The smallest absolute Gasteiger partial charge is 0.363 e. The van der Waals surface area contributed by atoms with E-state index in [2.05, 4.69) is 4.98 Å². The first-order valence-electron chi connectivity index (χ1n) is 14.6. The Morgan fingerprint density at radius 1 is 0.830 bits per heavy atom. The normalized spacial score (nSPS) is 15.2. The summed E-state index contributed by atoms with van der Waals surface area (Å²) in [6, 6.07) is 12.6. The Labute approximate surface area is 264 Å². The summed E-state index contributed by atoms with van der Waals surface area (Å²) in [7, 11) is 0. The van der Waals surface area contributed by atoms with Crippen molar-refractivity contribution in [3.63, 3.8) is 0 Å². The van der Waals surface area contributed by atoms with Crippen LogP contribution in [0.3, 0.4) is 0 Å². The van der Waals surface area contributed by atoms with Crippen molar-refractivity contribution in [2.75, 3.05) is 31.1 Å². The van der Waals surface area contributed by atoms with Crippen molar-refractivity contribution < 1.29 is 30.7 Å². The van der Waals surface area contributed by atoms with Crippen LogP contribution in [0.1, 0.15) is 39.7 Å². The average molecular weight is 665 g/mol. The van der Waals surface area contributed by atoms with Crippen molar-refractivity contribution in [1.29, 1.82) is 0 Å². The average Bonchev–Trinajstić information content (AvgIpc) is 3.02. The van der Waals surface area contributed by atoms with Crippen LogP contribution in [0.4, 0.5) is 36.4 Å². The largest absolute Gasteiger partial charge is 0.433 e. The first-order valence-corrected chi connectivity index (χ1v) is 14.6. The van der Waals surface area contributed by atoms with Gasteiger partial charge in [0.1, 0.15) is 17.2 Å². The summed E-state index contributed by atoms with van der Waals surface area (Å²) in [4.78, 5) is 34.9. The molecule has 0 unspecified atom stereocenters. The Hall–Kier alpha value is -4.50. The molecule has 0 bridgehead atoms. The third-order valence-corrected chi connectivity index (χ3v) is 8.21. The standard InChI is InChI=1S/C32H31F7N6O2/c1-20-28(43-14-12-42(13-15-43)17-21-10-11-27(41-16-21)32(37,38)39)29(46)45(19-26(40)22-6-3-2-4-7-22)30(47)44(20)18-23-24(31(34,35)36)8-5-9-25(23)33/h2-11,16,26H,12-15,17-19,40H2,1H3/t26-/m0/s1. The molecule has 0 spiro atoms. The van der Waals surface area contributed by atoms with Crippen molar-refractivity contribution in [1.82, 2.24) is 19.0 Å². The van der Waals surface area contributed by atoms with Gasteiger partial charge in [-0.1, -0.05) is 42.5 Å². The van der Waals surface area contributed by atoms with Gasteiger partial charge in [-0.2, -0.15) is 26.3 Å². The summed E-state index contributed by atoms with van der Waals surface area (Å²) < 4.78 is 97.1. The molecule has 0 aliphatic carbocycles. The molecule has 1 atom stereocenters. The zero-order valence-electron chi connectivity index (χ0n) is 25.2. The van der Waals surface area contributed by atoms with Gasteiger partial charge >= 0.3 is 18.0 Å². The Kier molecular flexibility index (Phi) is 9.59. The van der Waals surface area contributed by atoms with Gasteiger partial charge in [-0.25, -0.2) is 9.18 Å². The van der Waals surface area contributed by atoms with Crippen LogP contribution in [-0.2, 0) is 32.0 Å². The molecule has 3 heterocycles. The highest BCUT2D eigenvalue weighted by Gasteiger charge is 2.35. The van der Waals surface area contributed by atoms with Gasteiger partial charge in [0.05, 0.1) is 18.7 Å². The molecule has 47 heavy (non-hydrogen) atoms. The fraction of sp³-hybridized carbons (Fsp3) is 0.344. The molecule has 0 radical (unpaired) electrons. The number of nitrogens with zero attached hydrogens (tertiary/aromatic N) is 5. The zero-order chi connectivity index (χ0) is 34.1. The maximum Gasteiger partial charge on any atom is 0.433 e.